The molecule has 108 valence electrons. The van der Waals surface area contributed by atoms with Gasteiger partial charge in [-0.05, 0) is 12.8 Å². The van der Waals surface area contributed by atoms with Crippen LogP contribution in [0.4, 0.5) is 8.78 Å². The molecule has 0 radical (unpaired) electrons. The highest BCUT2D eigenvalue weighted by molar-refractivity contribution is 5.01. The van der Waals surface area contributed by atoms with Gasteiger partial charge in [-0.1, -0.05) is 39.5 Å². The van der Waals surface area contributed by atoms with Crippen LogP contribution in [0, 0.1) is 11.8 Å². The smallest absolute Gasteiger partial charge is 0.206 e. The van der Waals surface area contributed by atoms with Gasteiger partial charge in [0.25, 0.3) is 0 Å². The Bertz CT molecular complexity index is 377. The lowest BCUT2D eigenvalue weighted by molar-refractivity contribution is -0.731. The minimum atomic E-state index is -0.464. The summed E-state index contributed by atoms with van der Waals surface area (Å²) >= 11 is 0. The monoisotopic (exact) mass is 270 g/mol. The van der Waals surface area contributed by atoms with Gasteiger partial charge in [-0.15, -0.1) is 4.39 Å². The Hall–Kier alpha value is -0.990. The maximum atomic E-state index is 13.9. The van der Waals surface area contributed by atoms with E-state index in [-0.39, 0.29) is 0 Å². The highest BCUT2D eigenvalue weighted by Gasteiger charge is 2.18. The summed E-state index contributed by atoms with van der Waals surface area (Å²) in [5.74, 6) is -0.906. The maximum absolute atomic E-state index is 13.9. The molecular formula is C16H26F2N+. The molecule has 1 aromatic rings. The Labute approximate surface area is 115 Å². The number of rotatable bonds is 9. The molecule has 0 spiro atoms. The summed E-state index contributed by atoms with van der Waals surface area (Å²) in [6.07, 6.45) is 8.39. The summed E-state index contributed by atoms with van der Waals surface area (Å²) in [4.78, 5) is 0. The average molecular weight is 270 g/mol. The number of pyridine rings is 1. The van der Waals surface area contributed by atoms with Gasteiger partial charge in [0, 0.05) is 18.9 Å². The van der Waals surface area contributed by atoms with E-state index in [9.17, 15) is 8.78 Å². The van der Waals surface area contributed by atoms with Crippen molar-refractivity contribution in [1.29, 1.82) is 0 Å². The quantitative estimate of drug-likeness (QED) is 0.352. The molecule has 0 atom stereocenters. The standard InChI is InChI=1S/C16H26F2N/c1-3-5-7-9-11-19-15(10-8-6-4-2)12-14(17)13-16(19)18/h12-13H,3-11H2,1-2H3/q+1. The van der Waals surface area contributed by atoms with Crippen LogP contribution >= 0.6 is 0 Å². The molecule has 0 aliphatic carbocycles. The molecule has 0 aliphatic heterocycles. The van der Waals surface area contributed by atoms with E-state index < -0.39 is 11.8 Å². The molecule has 1 rings (SSSR count). The summed E-state index contributed by atoms with van der Waals surface area (Å²) < 4.78 is 28.8. The predicted molar refractivity (Wildman–Crippen MR) is 73.9 cm³/mol. The fourth-order valence-electron chi connectivity index (χ4n) is 2.32. The van der Waals surface area contributed by atoms with Crippen molar-refractivity contribution < 1.29 is 13.3 Å². The van der Waals surface area contributed by atoms with Crippen LogP contribution < -0.4 is 4.57 Å². The molecule has 0 aromatic carbocycles. The van der Waals surface area contributed by atoms with Gasteiger partial charge in [-0.2, -0.15) is 4.57 Å². The first-order valence-corrected chi connectivity index (χ1v) is 7.56. The van der Waals surface area contributed by atoms with Crippen molar-refractivity contribution in [2.75, 3.05) is 0 Å². The number of nitrogens with zero attached hydrogens (tertiary/aromatic N) is 1. The Morgan fingerprint density at radius 2 is 1.58 bits per heavy atom. The molecule has 0 bridgehead atoms. The topological polar surface area (TPSA) is 3.88 Å². The summed E-state index contributed by atoms with van der Waals surface area (Å²) in [6.45, 7) is 4.94. The van der Waals surface area contributed by atoms with Crippen molar-refractivity contribution in [3.05, 3.63) is 29.6 Å². The minimum Gasteiger partial charge on any atom is -0.206 e. The van der Waals surface area contributed by atoms with E-state index in [2.05, 4.69) is 13.8 Å². The second-order valence-corrected chi connectivity index (χ2v) is 5.16. The van der Waals surface area contributed by atoms with Gasteiger partial charge in [0.1, 0.15) is 5.82 Å². The van der Waals surface area contributed by atoms with Gasteiger partial charge in [-0.25, -0.2) is 4.39 Å². The zero-order valence-corrected chi connectivity index (χ0v) is 12.2. The number of unbranched alkanes of at least 4 members (excludes halogenated alkanes) is 5. The van der Waals surface area contributed by atoms with E-state index >= 15 is 0 Å². The zero-order chi connectivity index (χ0) is 14.1. The number of hydrogen-bond donors (Lipinski definition) is 0. The molecule has 0 saturated heterocycles. The molecule has 0 saturated carbocycles. The van der Waals surface area contributed by atoms with Crippen LogP contribution in [0.15, 0.2) is 12.1 Å². The molecule has 0 fully saturated rings. The van der Waals surface area contributed by atoms with Crippen molar-refractivity contribution in [2.45, 2.75) is 71.8 Å². The molecule has 0 N–H and O–H groups in total. The van der Waals surface area contributed by atoms with Crippen molar-refractivity contribution in [1.82, 2.24) is 0 Å². The Kier molecular flexibility index (Phi) is 7.61. The molecule has 1 nitrogen and oxygen atoms in total. The predicted octanol–water partition coefficient (Wildman–Crippen LogP) is 4.57. The summed E-state index contributed by atoms with van der Waals surface area (Å²) in [5, 5.41) is 0. The lowest BCUT2D eigenvalue weighted by atomic mass is 10.1. The van der Waals surface area contributed by atoms with Crippen LogP contribution in [-0.2, 0) is 13.0 Å². The van der Waals surface area contributed by atoms with Crippen LogP contribution in [0.25, 0.3) is 0 Å². The van der Waals surface area contributed by atoms with Crippen LogP contribution in [0.2, 0.25) is 0 Å². The Balaban J connectivity index is 2.69. The first-order chi connectivity index (χ1) is 9.19. The number of hydrogen-bond acceptors (Lipinski definition) is 0. The normalized spacial score (nSPS) is 10.9. The van der Waals surface area contributed by atoms with Gasteiger partial charge in [-0.3, -0.25) is 0 Å². The summed E-state index contributed by atoms with van der Waals surface area (Å²) in [6, 6.07) is 2.47. The van der Waals surface area contributed by atoms with Gasteiger partial charge < -0.3 is 0 Å². The van der Waals surface area contributed by atoms with Crippen molar-refractivity contribution in [3.63, 3.8) is 0 Å². The third-order valence-corrected chi connectivity index (χ3v) is 3.44. The molecule has 19 heavy (non-hydrogen) atoms. The third kappa shape index (κ3) is 5.66. The van der Waals surface area contributed by atoms with Crippen LogP contribution in [-0.4, -0.2) is 0 Å². The number of halogens is 2. The highest BCUT2D eigenvalue weighted by Crippen LogP contribution is 2.08. The molecule has 1 heterocycles. The van der Waals surface area contributed by atoms with Gasteiger partial charge in [0.2, 0.25) is 0 Å². The fourth-order valence-corrected chi connectivity index (χ4v) is 2.32. The first-order valence-electron chi connectivity index (χ1n) is 7.56. The van der Waals surface area contributed by atoms with Crippen LogP contribution in [0.5, 0.6) is 0 Å². The summed E-state index contributed by atoms with van der Waals surface area (Å²) in [5.41, 5.74) is 0.794. The highest BCUT2D eigenvalue weighted by atomic mass is 19.1. The van der Waals surface area contributed by atoms with Crippen LogP contribution in [0.3, 0.4) is 0 Å². The van der Waals surface area contributed by atoms with E-state index in [0.29, 0.717) is 6.54 Å². The zero-order valence-electron chi connectivity index (χ0n) is 12.2. The van der Waals surface area contributed by atoms with Crippen LogP contribution in [0.1, 0.15) is 64.5 Å². The molecule has 0 aliphatic rings. The second-order valence-electron chi connectivity index (χ2n) is 5.16. The van der Waals surface area contributed by atoms with E-state index in [1.807, 2.05) is 0 Å². The van der Waals surface area contributed by atoms with Gasteiger partial charge in [0.15, 0.2) is 12.2 Å². The van der Waals surface area contributed by atoms with Gasteiger partial charge in [0.05, 0.1) is 6.07 Å². The molecule has 3 heteroatoms. The summed E-state index contributed by atoms with van der Waals surface area (Å²) in [7, 11) is 0. The SMILES string of the molecule is CCCCCC[n+]1c(F)cc(F)cc1CCCCC. The second kappa shape index (κ2) is 9.00. The van der Waals surface area contributed by atoms with Crippen molar-refractivity contribution in [3.8, 4) is 0 Å². The van der Waals surface area contributed by atoms with E-state index in [1.165, 1.54) is 18.9 Å². The molecule has 0 amide bonds. The Morgan fingerprint density at radius 3 is 2.26 bits per heavy atom. The molecule has 1 aromatic heterocycles. The lowest BCUT2D eigenvalue weighted by Gasteiger charge is -2.05. The van der Waals surface area contributed by atoms with Gasteiger partial charge >= 0.3 is 5.95 Å². The largest absolute Gasteiger partial charge is 0.362 e. The van der Waals surface area contributed by atoms with E-state index in [0.717, 1.165) is 50.3 Å². The minimum absolute atomic E-state index is 0.442. The Morgan fingerprint density at radius 1 is 0.895 bits per heavy atom. The number of aryl methyl sites for hydroxylation is 1. The van der Waals surface area contributed by atoms with Crippen molar-refractivity contribution >= 4 is 0 Å². The molecular weight excluding hydrogens is 244 g/mol. The third-order valence-electron chi connectivity index (χ3n) is 3.44. The molecule has 0 unspecified atom stereocenters. The van der Waals surface area contributed by atoms with E-state index in [4.69, 9.17) is 0 Å². The maximum Gasteiger partial charge on any atom is 0.362 e. The fraction of sp³-hybridized carbons (Fsp3) is 0.688. The lowest BCUT2D eigenvalue weighted by Crippen LogP contribution is -2.42. The average Bonchev–Trinajstić information content (AvgIpc) is 2.37. The number of aromatic nitrogens is 1. The first kappa shape index (κ1) is 16.1. The van der Waals surface area contributed by atoms with E-state index in [1.54, 1.807) is 4.57 Å². The van der Waals surface area contributed by atoms with Crippen molar-refractivity contribution in [2.24, 2.45) is 0 Å².